The molecule has 33 heavy (non-hydrogen) atoms. The summed E-state index contributed by atoms with van der Waals surface area (Å²) in [5, 5.41) is 10.3. The van der Waals surface area contributed by atoms with Gasteiger partial charge in [0, 0.05) is 22.3 Å². The van der Waals surface area contributed by atoms with Gasteiger partial charge in [0.2, 0.25) is 0 Å². The van der Waals surface area contributed by atoms with Gasteiger partial charge in [-0.25, -0.2) is 4.79 Å². The summed E-state index contributed by atoms with van der Waals surface area (Å²) in [4.78, 5) is 32.1. The summed E-state index contributed by atoms with van der Waals surface area (Å²) in [6, 6.07) is 7.28. The van der Waals surface area contributed by atoms with Crippen molar-refractivity contribution >= 4 is 17.8 Å². The van der Waals surface area contributed by atoms with Gasteiger partial charge in [0.05, 0.1) is 25.5 Å². The quantitative estimate of drug-likeness (QED) is 0.359. The molecular formula is C21H19ClN2O9. The lowest BCUT2D eigenvalue weighted by molar-refractivity contribution is -0.769. The highest BCUT2D eigenvalue weighted by atomic mass is 35.5. The number of carbonyl (C=O) groups is 1. The summed E-state index contributed by atoms with van der Waals surface area (Å²) >= 11 is 5.98. The van der Waals surface area contributed by atoms with Crippen molar-refractivity contribution in [1.82, 2.24) is 4.98 Å². The fourth-order valence-electron chi connectivity index (χ4n) is 4.29. The Bertz CT molecular complexity index is 1080. The van der Waals surface area contributed by atoms with Gasteiger partial charge in [-0.3, -0.25) is 4.98 Å². The first-order chi connectivity index (χ1) is 15.9. The van der Waals surface area contributed by atoms with E-state index in [4.69, 9.17) is 35.3 Å². The fourth-order valence-corrected chi connectivity index (χ4v) is 4.42. The third-order valence-electron chi connectivity index (χ3n) is 5.82. The average molecular weight is 479 g/mol. The van der Waals surface area contributed by atoms with Crippen LogP contribution in [0, 0.1) is 17.0 Å². The van der Waals surface area contributed by atoms with Crippen molar-refractivity contribution < 1.29 is 38.4 Å². The van der Waals surface area contributed by atoms with E-state index < -0.39 is 35.7 Å². The fraction of sp³-hybridized carbons (Fsp3) is 0.429. The summed E-state index contributed by atoms with van der Waals surface area (Å²) in [5.41, 5.74) is 2.89. The number of halogens is 1. The Morgan fingerprint density at radius 1 is 1.15 bits per heavy atom. The van der Waals surface area contributed by atoms with E-state index in [1.54, 1.807) is 25.3 Å². The van der Waals surface area contributed by atoms with Crippen LogP contribution in [0.1, 0.15) is 28.5 Å². The molecule has 0 aliphatic carbocycles. The van der Waals surface area contributed by atoms with Crippen molar-refractivity contribution in [2.75, 3.05) is 13.2 Å². The van der Waals surface area contributed by atoms with Gasteiger partial charge in [0.15, 0.2) is 18.0 Å². The summed E-state index contributed by atoms with van der Waals surface area (Å²) in [6.45, 7) is 1.92. The molecule has 0 spiro atoms. The van der Waals surface area contributed by atoms with Gasteiger partial charge in [-0.05, 0) is 24.6 Å². The Hall–Kier alpha value is -2.99. The van der Waals surface area contributed by atoms with Crippen LogP contribution in [0.2, 0.25) is 5.02 Å². The van der Waals surface area contributed by atoms with Gasteiger partial charge < -0.3 is 28.5 Å². The zero-order chi connectivity index (χ0) is 23.1. The normalized spacial score (nSPS) is 27.6. The number of aryl methyl sites for hydroxylation is 1. The second kappa shape index (κ2) is 8.75. The smallest absolute Gasteiger partial charge is 0.425 e. The molecule has 0 bridgehead atoms. The number of carbonyl (C=O) groups excluding carboxylic acids is 1. The van der Waals surface area contributed by atoms with Crippen molar-refractivity contribution in [3.63, 3.8) is 0 Å². The lowest BCUT2D eigenvalue weighted by Crippen LogP contribution is -2.36. The van der Waals surface area contributed by atoms with E-state index in [1.165, 1.54) is 0 Å². The van der Waals surface area contributed by atoms with Crippen LogP contribution in [0.25, 0.3) is 0 Å². The topological polar surface area (TPSA) is 128 Å². The van der Waals surface area contributed by atoms with E-state index in [2.05, 4.69) is 9.82 Å². The minimum atomic E-state index is -0.959. The van der Waals surface area contributed by atoms with Crippen LogP contribution in [0.3, 0.4) is 0 Å². The van der Waals surface area contributed by atoms with Crippen molar-refractivity contribution in [3.8, 4) is 5.75 Å². The van der Waals surface area contributed by atoms with Gasteiger partial charge >= 0.3 is 6.16 Å². The minimum absolute atomic E-state index is 0.00783. The first kappa shape index (κ1) is 21.8. The van der Waals surface area contributed by atoms with E-state index in [0.717, 1.165) is 11.1 Å². The highest BCUT2D eigenvalue weighted by molar-refractivity contribution is 6.30. The summed E-state index contributed by atoms with van der Waals surface area (Å²) < 4.78 is 27.8. The Balaban J connectivity index is 1.28. The molecule has 0 amide bonds. The first-order valence-electron chi connectivity index (χ1n) is 10.2. The molecule has 3 aliphatic heterocycles. The Kier molecular flexibility index (Phi) is 5.79. The van der Waals surface area contributed by atoms with Crippen LogP contribution in [0.4, 0.5) is 4.79 Å². The summed E-state index contributed by atoms with van der Waals surface area (Å²) in [6.07, 6.45) is -2.66. The lowest BCUT2D eigenvalue weighted by atomic mass is 10.0. The molecule has 5 rings (SSSR count). The number of pyridine rings is 1. The molecule has 0 N–H and O–H groups in total. The van der Waals surface area contributed by atoms with Crippen molar-refractivity contribution in [2.24, 2.45) is 0 Å². The predicted octanol–water partition coefficient (Wildman–Crippen LogP) is 2.92. The van der Waals surface area contributed by atoms with Gasteiger partial charge in [-0.1, -0.05) is 23.7 Å². The van der Waals surface area contributed by atoms with Crippen LogP contribution in [0.5, 0.6) is 5.75 Å². The van der Waals surface area contributed by atoms with Crippen LogP contribution >= 0.6 is 11.6 Å². The first-order valence-corrected chi connectivity index (χ1v) is 10.6. The number of rotatable bonds is 5. The molecule has 5 atom stereocenters. The SMILES string of the molecule is Cc1ncc2c(c1OC(=O)O[C@H]1CO[C@H]3[C@@H]1OC[C@H]3O[N+](=O)[O-])CO[C@H]2c1ccc(Cl)cc1. The zero-order valence-corrected chi connectivity index (χ0v) is 18.1. The summed E-state index contributed by atoms with van der Waals surface area (Å²) in [5.74, 6) is 0.270. The molecule has 174 valence electrons. The van der Waals surface area contributed by atoms with Crippen molar-refractivity contribution in [2.45, 2.75) is 44.1 Å². The van der Waals surface area contributed by atoms with Gasteiger partial charge in [-0.2, -0.15) is 0 Å². The maximum Gasteiger partial charge on any atom is 0.514 e. The van der Waals surface area contributed by atoms with Crippen molar-refractivity contribution in [3.05, 3.63) is 68.0 Å². The maximum atomic E-state index is 12.6. The van der Waals surface area contributed by atoms with E-state index in [1.807, 2.05) is 12.1 Å². The number of nitrogens with zero attached hydrogens (tertiary/aromatic N) is 2. The van der Waals surface area contributed by atoms with Crippen LogP contribution in [-0.2, 0) is 30.4 Å². The van der Waals surface area contributed by atoms with Crippen LogP contribution in [0.15, 0.2) is 30.5 Å². The largest absolute Gasteiger partial charge is 0.514 e. The Morgan fingerprint density at radius 2 is 1.85 bits per heavy atom. The standard InChI is InChI=1S/C21H19ClN2O9/c1-10-17(14-7-28-18(13(14)6-23-10)11-2-4-12(22)5-3-11)32-21(25)31-15-8-29-20-16(33-24(26)27)9-30-19(15)20/h2-6,15-16,18-20H,7-9H2,1H3/t15-,16+,18-,19+,20+/m0/s1. The third-order valence-corrected chi connectivity index (χ3v) is 6.07. The highest BCUT2D eigenvalue weighted by Crippen LogP contribution is 2.41. The van der Waals surface area contributed by atoms with E-state index in [0.29, 0.717) is 16.3 Å². The van der Waals surface area contributed by atoms with Gasteiger partial charge in [-0.15, -0.1) is 10.1 Å². The molecule has 1 aromatic carbocycles. The number of fused-ring (bicyclic) bond motifs is 2. The molecule has 2 fully saturated rings. The predicted molar refractivity (Wildman–Crippen MR) is 109 cm³/mol. The number of ether oxygens (including phenoxy) is 5. The lowest BCUT2D eigenvalue weighted by Gasteiger charge is -2.17. The molecule has 0 unspecified atom stereocenters. The van der Waals surface area contributed by atoms with Crippen LogP contribution in [-0.4, -0.2) is 53.9 Å². The van der Waals surface area contributed by atoms with Gasteiger partial charge in [0.25, 0.3) is 5.09 Å². The Labute approximate surface area is 192 Å². The molecule has 4 heterocycles. The molecule has 0 saturated carbocycles. The number of hydrogen-bond acceptors (Lipinski definition) is 10. The molecule has 0 radical (unpaired) electrons. The number of aromatic nitrogens is 1. The molecule has 2 saturated heterocycles. The zero-order valence-electron chi connectivity index (χ0n) is 17.3. The van der Waals surface area contributed by atoms with Crippen molar-refractivity contribution in [1.29, 1.82) is 0 Å². The minimum Gasteiger partial charge on any atom is -0.425 e. The van der Waals surface area contributed by atoms with E-state index in [9.17, 15) is 14.9 Å². The summed E-state index contributed by atoms with van der Waals surface area (Å²) in [7, 11) is 0. The van der Waals surface area contributed by atoms with E-state index in [-0.39, 0.29) is 31.7 Å². The third kappa shape index (κ3) is 4.20. The van der Waals surface area contributed by atoms with Gasteiger partial charge in [0.1, 0.15) is 18.3 Å². The van der Waals surface area contributed by atoms with Crippen LogP contribution < -0.4 is 4.74 Å². The second-order valence-electron chi connectivity index (χ2n) is 7.82. The average Bonchev–Trinajstić information content (AvgIpc) is 3.48. The highest BCUT2D eigenvalue weighted by Gasteiger charge is 2.51. The monoisotopic (exact) mass is 478 g/mol. The van der Waals surface area contributed by atoms with E-state index >= 15 is 0 Å². The molecular weight excluding hydrogens is 460 g/mol. The molecule has 1 aromatic heterocycles. The molecule has 3 aliphatic rings. The Morgan fingerprint density at radius 3 is 2.58 bits per heavy atom. The molecule has 2 aromatic rings. The molecule has 11 nitrogen and oxygen atoms in total. The number of hydrogen-bond donors (Lipinski definition) is 0. The number of benzene rings is 1. The second-order valence-corrected chi connectivity index (χ2v) is 8.26. The molecule has 12 heteroatoms. The maximum absolute atomic E-state index is 12.6.